The van der Waals surface area contributed by atoms with E-state index in [1.54, 1.807) is 6.07 Å². The van der Waals surface area contributed by atoms with Gasteiger partial charge in [-0.05, 0) is 31.5 Å². The number of nitrogens with one attached hydrogen (secondary N) is 1. The normalized spacial score (nSPS) is 15.2. The van der Waals surface area contributed by atoms with E-state index in [4.69, 9.17) is 11.5 Å². The molecule has 0 bridgehead atoms. The van der Waals surface area contributed by atoms with Gasteiger partial charge >= 0.3 is 0 Å². The Bertz CT molecular complexity index is 375. The number of anilines is 3. The molecule has 1 aromatic heterocycles. The van der Waals surface area contributed by atoms with Crippen LogP contribution in [-0.4, -0.2) is 35.6 Å². The maximum absolute atomic E-state index is 5.65. The Morgan fingerprint density at radius 2 is 2.18 bits per heavy atom. The fourth-order valence-corrected chi connectivity index (χ4v) is 1.95. The number of nitrogens with zero attached hydrogens (tertiary/aromatic N) is 2. The van der Waals surface area contributed by atoms with E-state index in [1.807, 2.05) is 6.07 Å². The van der Waals surface area contributed by atoms with Gasteiger partial charge in [0, 0.05) is 19.1 Å². The number of nitrogen functional groups attached to an aromatic ring is 2. The van der Waals surface area contributed by atoms with Crippen LogP contribution < -0.4 is 16.8 Å². The van der Waals surface area contributed by atoms with Gasteiger partial charge in [0.2, 0.25) is 0 Å². The molecule has 0 atom stereocenters. The van der Waals surface area contributed by atoms with Crippen LogP contribution in [0.15, 0.2) is 12.1 Å². The second kappa shape index (κ2) is 5.23. The monoisotopic (exact) mass is 235 g/mol. The summed E-state index contributed by atoms with van der Waals surface area (Å²) in [6.07, 6.45) is 2.70. The first-order valence-electron chi connectivity index (χ1n) is 6.20. The number of hydrogen-bond donors (Lipinski definition) is 3. The highest BCUT2D eigenvalue weighted by molar-refractivity contribution is 5.61. The summed E-state index contributed by atoms with van der Waals surface area (Å²) in [6, 6.07) is 4.45. The highest BCUT2D eigenvalue weighted by atomic mass is 15.2. The van der Waals surface area contributed by atoms with Crippen LogP contribution in [0, 0.1) is 0 Å². The number of likely N-dealkylation sites (N-methyl/N-ethyl adjacent to an activating group) is 1. The van der Waals surface area contributed by atoms with Crippen LogP contribution in [0.4, 0.5) is 17.3 Å². The van der Waals surface area contributed by atoms with E-state index in [2.05, 4.69) is 22.1 Å². The van der Waals surface area contributed by atoms with E-state index >= 15 is 0 Å². The third-order valence-corrected chi connectivity index (χ3v) is 3.13. The second-order valence-electron chi connectivity index (χ2n) is 4.46. The number of nitrogens with two attached hydrogens (primary N) is 2. The Hall–Kier alpha value is -1.49. The highest BCUT2D eigenvalue weighted by Crippen LogP contribution is 2.26. The molecule has 0 saturated heterocycles. The van der Waals surface area contributed by atoms with Crippen LogP contribution in [0.5, 0.6) is 0 Å². The predicted molar refractivity (Wildman–Crippen MR) is 71.8 cm³/mol. The van der Waals surface area contributed by atoms with Gasteiger partial charge in [-0.25, -0.2) is 4.98 Å². The molecule has 2 rings (SSSR count). The average Bonchev–Trinajstić information content (AvgIpc) is 3.13. The largest absolute Gasteiger partial charge is 0.396 e. The maximum atomic E-state index is 5.65. The maximum Gasteiger partial charge on any atom is 0.149 e. The van der Waals surface area contributed by atoms with Crippen molar-refractivity contribution in [3.63, 3.8) is 0 Å². The summed E-state index contributed by atoms with van der Waals surface area (Å²) in [7, 11) is 0. The van der Waals surface area contributed by atoms with E-state index < -0.39 is 0 Å². The first kappa shape index (κ1) is 12.0. The standard InChI is InChI=1S/C12H21N5/c1-2-17(9-3-4-9)8-7-15-11-6-5-10(13)12(14)16-11/h5-6,9H,2-4,7-8,13H2,1H3,(H3,14,15,16). The van der Waals surface area contributed by atoms with Crippen molar-refractivity contribution in [2.24, 2.45) is 0 Å². The molecule has 0 spiro atoms. The molecule has 17 heavy (non-hydrogen) atoms. The van der Waals surface area contributed by atoms with Crippen LogP contribution in [-0.2, 0) is 0 Å². The van der Waals surface area contributed by atoms with Crippen molar-refractivity contribution in [3.8, 4) is 0 Å². The molecular formula is C12H21N5. The molecule has 0 radical (unpaired) electrons. The molecule has 1 aliphatic rings. The molecule has 1 fully saturated rings. The van der Waals surface area contributed by atoms with Crippen LogP contribution in [0.2, 0.25) is 0 Å². The molecule has 1 aromatic rings. The van der Waals surface area contributed by atoms with Crippen LogP contribution in [0.1, 0.15) is 19.8 Å². The van der Waals surface area contributed by atoms with Gasteiger partial charge in [-0.15, -0.1) is 0 Å². The molecule has 0 unspecified atom stereocenters. The summed E-state index contributed by atoms with van der Waals surface area (Å²) in [4.78, 5) is 6.67. The molecule has 5 heteroatoms. The summed E-state index contributed by atoms with van der Waals surface area (Å²) < 4.78 is 0. The minimum absolute atomic E-state index is 0.393. The Labute approximate surface area is 102 Å². The van der Waals surface area contributed by atoms with Crippen molar-refractivity contribution < 1.29 is 0 Å². The lowest BCUT2D eigenvalue weighted by molar-refractivity contribution is 0.289. The topological polar surface area (TPSA) is 80.2 Å². The summed E-state index contributed by atoms with van der Waals surface area (Å²) >= 11 is 0. The zero-order chi connectivity index (χ0) is 12.3. The Morgan fingerprint density at radius 1 is 1.41 bits per heavy atom. The highest BCUT2D eigenvalue weighted by Gasteiger charge is 2.27. The minimum atomic E-state index is 0.393. The van der Waals surface area contributed by atoms with E-state index in [9.17, 15) is 0 Å². The third-order valence-electron chi connectivity index (χ3n) is 3.13. The molecule has 5 N–H and O–H groups in total. The summed E-state index contributed by atoms with van der Waals surface area (Å²) in [5.41, 5.74) is 11.8. The first-order valence-corrected chi connectivity index (χ1v) is 6.20. The molecule has 0 amide bonds. The number of pyridine rings is 1. The quantitative estimate of drug-likeness (QED) is 0.689. The molecule has 1 saturated carbocycles. The van der Waals surface area contributed by atoms with Crippen LogP contribution in [0.3, 0.4) is 0 Å². The fraction of sp³-hybridized carbons (Fsp3) is 0.583. The Morgan fingerprint density at radius 3 is 2.76 bits per heavy atom. The molecule has 0 aromatic carbocycles. The molecule has 0 aliphatic heterocycles. The fourth-order valence-electron chi connectivity index (χ4n) is 1.95. The van der Waals surface area contributed by atoms with Crippen molar-refractivity contribution in [1.29, 1.82) is 0 Å². The van der Waals surface area contributed by atoms with Gasteiger partial charge in [-0.1, -0.05) is 6.92 Å². The summed E-state index contributed by atoms with van der Waals surface area (Å²) in [5, 5.41) is 3.27. The van der Waals surface area contributed by atoms with Gasteiger partial charge in [-0.2, -0.15) is 0 Å². The number of aromatic nitrogens is 1. The van der Waals surface area contributed by atoms with Crippen LogP contribution in [0.25, 0.3) is 0 Å². The molecule has 1 aliphatic carbocycles. The summed E-state index contributed by atoms with van der Waals surface area (Å²) in [6.45, 7) is 5.26. The lowest BCUT2D eigenvalue weighted by Crippen LogP contribution is -2.31. The minimum Gasteiger partial charge on any atom is -0.396 e. The Kier molecular flexibility index (Phi) is 3.68. The van der Waals surface area contributed by atoms with E-state index in [0.29, 0.717) is 11.5 Å². The predicted octanol–water partition coefficient (Wildman–Crippen LogP) is 1.14. The molecule has 94 valence electrons. The van der Waals surface area contributed by atoms with Gasteiger partial charge in [0.1, 0.15) is 11.6 Å². The zero-order valence-corrected chi connectivity index (χ0v) is 10.3. The molecule has 5 nitrogen and oxygen atoms in total. The van der Waals surface area contributed by atoms with Gasteiger partial charge < -0.3 is 16.8 Å². The van der Waals surface area contributed by atoms with Crippen molar-refractivity contribution in [2.75, 3.05) is 36.4 Å². The van der Waals surface area contributed by atoms with E-state index in [-0.39, 0.29) is 0 Å². The van der Waals surface area contributed by atoms with Gasteiger partial charge in [0.15, 0.2) is 0 Å². The lowest BCUT2D eigenvalue weighted by Gasteiger charge is -2.20. The molecule has 1 heterocycles. The number of hydrogen-bond acceptors (Lipinski definition) is 5. The third kappa shape index (κ3) is 3.23. The summed E-state index contributed by atoms with van der Waals surface area (Å²) in [5.74, 6) is 1.19. The van der Waals surface area contributed by atoms with E-state index in [1.165, 1.54) is 12.8 Å². The lowest BCUT2D eigenvalue weighted by atomic mass is 10.3. The van der Waals surface area contributed by atoms with Gasteiger partial charge in [0.25, 0.3) is 0 Å². The second-order valence-corrected chi connectivity index (χ2v) is 4.46. The zero-order valence-electron chi connectivity index (χ0n) is 10.3. The van der Waals surface area contributed by atoms with Gasteiger partial charge in [-0.3, -0.25) is 4.90 Å². The van der Waals surface area contributed by atoms with Gasteiger partial charge in [0.05, 0.1) is 5.69 Å². The van der Waals surface area contributed by atoms with Crippen molar-refractivity contribution in [3.05, 3.63) is 12.1 Å². The number of rotatable bonds is 6. The van der Waals surface area contributed by atoms with Crippen molar-refractivity contribution >= 4 is 17.3 Å². The molecular weight excluding hydrogens is 214 g/mol. The smallest absolute Gasteiger partial charge is 0.149 e. The average molecular weight is 235 g/mol. The van der Waals surface area contributed by atoms with Crippen molar-refractivity contribution in [2.45, 2.75) is 25.8 Å². The first-order chi connectivity index (χ1) is 8.20. The van der Waals surface area contributed by atoms with E-state index in [0.717, 1.165) is 31.5 Å². The Balaban J connectivity index is 1.78. The SMILES string of the molecule is CCN(CCNc1ccc(N)c(N)n1)C1CC1. The van der Waals surface area contributed by atoms with Crippen LogP contribution >= 0.6 is 0 Å². The van der Waals surface area contributed by atoms with Crippen molar-refractivity contribution in [1.82, 2.24) is 9.88 Å².